The summed E-state index contributed by atoms with van der Waals surface area (Å²) in [6.07, 6.45) is 0.927. The lowest BCUT2D eigenvalue weighted by Gasteiger charge is -2.22. The molecule has 0 aromatic heterocycles. The van der Waals surface area contributed by atoms with Crippen molar-refractivity contribution in [3.8, 4) is 5.75 Å². The van der Waals surface area contributed by atoms with E-state index in [0.29, 0.717) is 19.1 Å². The lowest BCUT2D eigenvalue weighted by Crippen LogP contribution is -2.38. The first kappa shape index (κ1) is 13.5. The lowest BCUT2D eigenvalue weighted by atomic mass is 10.2. The molecular formula is C17H19N3O. The molecule has 0 aliphatic carbocycles. The third-order valence-electron chi connectivity index (χ3n) is 3.48. The van der Waals surface area contributed by atoms with Gasteiger partial charge in [0, 0.05) is 6.54 Å². The van der Waals surface area contributed by atoms with Crippen molar-refractivity contribution in [1.29, 1.82) is 0 Å². The molecule has 4 heteroatoms. The van der Waals surface area contributed by atoms with Crippen LogP contribution in [0.3, 0.4) is 0 Å². The van der Waals surface area contributed by atoms with Crippen molar-refractivity contribution in [3.05, 3.63) is 60.2 Å². The monoisotopic (exact) mass is 281 g/mol. The molecule has 3 rings (SSSR count). The average Bonchev–Trinajstić information content (AvgIpc) is 2.76. The van der Waals surface area contributed by atoms with E-state index in [1.54, 1.807) is 0 Å². The Labute approximate surface area is 124 Å². The van der Waals surface area contributed by atoms with E-state index in [0.717, 1.165) is 30.0 Å². The highest BCUT2D eigenvalue weighted by Crippen LogP contribution is 2.30. The quantitative estimate of drug-likeness (QED) is 0.680. The molecule has 0 amide bonds. The van der Waals surface area contributed by atoms with Crippen LogP contribution in [0.1, 0.15) is 12.0 Å². The highest BCUT2D eigenvalue weighted by molar-refractivity contribution is 5.96. The second-order valence-electron chi connectivity index (χ2n) is 4.98. The topological polar surface area (TPSA) is 50.8 Å². The summed E-state index contributed by atoms with van der Waals surface area (Å²) in [7, 11) is 0. The predicted octanol–water partition coefficient (Wildman–Crippen LogP) is 2.79. The van der Waals surface area contributed by atoms with Crippen molar-refractivity contribution in [2.75, 3.05) is 18.1 Å². The van der Waals surface area contributed by atoms with Gasteiger partial charge in [-0.05, 0) is 24.1 Å². The smallest absolute Gasteiger partial charge is 0.196 e. The number of nitrogens with two attached hydrogens (primary N) is 1. The number of anilines is 1. The number of hydrogen-bond donors (Lipinski definition) is 1. The van der Waals surface area contributed by atoms with E-state index in [1.165, 1.54) is 0 Å². The number of fused-ring (bicyclic) bond motifs is 1. The van der Waals surface area contributed by atoms with E-state index >= 15 is 0 Å². The maximum Gasteiger partial charge on any atom is 0.196 e. The number of benzene rings is 2. The van der Waals surface area contributed by atoms with Crippen molar-refractivity contribution in [2.24, 2.45) is 10.7 Å². The van der Waals surface area contributed by atoms with Crippen molar-refractivity contribution in [1.82, 2.24) is 0 Å². The Kier molecular flexibility index (Phi) is 4.05. The summed E-state index contributed by atoms with van der Waals surface area (Å²) < 4.78 is 5.74. The van der Waals surface area contributed by atoms with Gasteiger partial charge in [-0.1, -0.05) is 42.5 Å². The molecule has 1 aliphatic rings. The number of hydrogen-bond acceptors (Lipinski definition) is 2. The van der Waals surface area contributed by atoms with Crippen molar-refractivity contribution < 1.29 is 4.74 Å². The van der Waals surface area contributed by atoms with Gasteiger partial charge in [-0.25, -0.2) is 4.99 Å². The van der Waals surface area contributed by atoms with Crippen LogP contribution in [0, 0.1) is 0 Å². The highest BCUT2D eigenvalue weighted by atomic mass is 16.5. The molecule has 1 aliphatic heterocycles. The molecule has 108 valence electrons. The van der Waals surface area contributed by atoms with Gasteiger partial charge in [0.25, 0.3) is 0 Å². The van der Waals surface area contributed by atoms with Crippen LogP contribution in [0.4, 0.5) is 5.69 Å². The van der Waals surface area contributed by atoms with Crippen LogP contribution in [-0.2, 0) is 6.54 Å². The highest BCUT2D eigenvalue weighted by Gasteiger charge is 2.18. The summed E-state index contributed by atoms with van der Waals surface area (Å²) in [6.45, 7) is 2.12. The number of aliphatic imine (C=N–C) groups is 1. The van der Waals surface area contributed by atoms with Gasteiger partial charge in [-0.15, -0.1) is 0 Å². The van der Waals surface area contributed by atoms with E-state index in [2.05, 4.69) is 17.1 Å². The molecule has 4 nitrogen and oxygen atoms in total. The van der Waals surface area contributed by atoms with Gasteiger partial charge in [-0.2, -0.15) is 0 Å². The summed E-state index contributed by atoms with van der Waals surface area (Å²) >= 11 is 0. The maximum atomic E-state index is 6.20. The van der Waals surface area contributed by atoms with E-state index in [-0.39, 0.29) is 0 Å². The van der Waals surface area contributed by atoms with E-state index in [1.807, 2.05) is 47.4 Å². The van der Waals surface area contributed by atoms with Gasteiger partial charge < -0.3 is 15.4 Å². The Morgan fingerprint density at radius 1 is 1.10 bits per heavy atom. The Morgan fingerprint density at radius 3 is 2.71 bits per heavy atom. The molecule has 0 saturated heterocycles. The molecule has 0 spiro atoms. The van der Waals surface area contributed by atoms with Gasteiger partial charge >= 0.3 is 0 Å². The lowest BCUT2D eigenvalue weighted by molar-refractivity contribution is 0.322. The average molecular weight is 281 g/mol. The molecule has 2 N–H and O–H groups in total. The Bertz CT molecular complexity index is 625. The zero-order valence-corrected chi connectivity index (χ0v) is 11.9. The fraction of sp³-hybridized carbons (Fsp3) is 0.235. The number of nitrogens with zero attached hydrogens (tertiary/aromatic N) is 2. The fourth-order valence-corrected chi connectivity index (χ4v) is 2.41. The minimum Gasteiger partial charge on any atom is -0.491 e. The van der Waals surface area contributed by atoms with Gasteiger partial charge in [0.1, 0.15) is 5.75 Å². The van der Waals surface area contributed by atoms with E-state index in [9.17, 15) is 0 Å². The van der Waals surface area contributed by atoms with E-state index in [4.69, 9.17) is 10.5 Å². The normalized spacial score (nSPS) is 15.0. The van der Waals surface area contributed by atoms with Gasteiger partial charge in [0.2, 0.25) is 0 Å². The van der Waals surface area contributed by atoms with Crippen LogP contribution in [0.2, 0.25) is 0 Å². The van der Waals surface area contributed by atoms with Crippen molar-refractivity contribution in [2.45, 2.75) is 13.0 Å². The molecule has 0 radical (unpaired) electrons. The molecule has 0 bridgehead atoms. The van der Waals surface area contributed by atoms with Crippen LogP contribution in [0.25, 0.3) is 0 Å². The van der Waals surface area contributed by atoms with Gasteiger partial charge in [0.05, 0.1) is 18.8 Å². The summed E-state index contributed by atoms with van der Waals surface area (Å²) in [5.41, 5.74) is 8.34. The number of guanidine groups is 1. The maximum absolute atomic E-state index is 6.20. The zero-order chi connectivity index (χ0) is 14.5. The largest absolute Gasteiger partial charge is 0.491 e. The van der Waals surface area contributed by atoms with Crippen molar-refractivity contribution >= 4 is 11.6 Å². The molecule has 0 fully saturated rings. The summed E-state index contributed by atoms with van der Waals surface area (Å²) in [5, 5.41) is 0. The second-order valence-corrected chi connectivity index (χ2v) is 4.98. The molecule has 0 atom stereocenters. The first-order chi connectivity index (χ1) is 10.3. The van der Waals surface area contributed by atoms with Crippen LogP contribution in [0.15, 0.2) is 59.6 Å². The first-order valence-corrected chi connectivity index (χ1v) is 7.18. The minimum atomic E-state index is 0.539. The Hall–Kier alpha value is -2.49. The van der Waals surface area contributed by atoms with Crippen LogP contribution in [0.5, 0.6) is 5.75 Å². The minimum absolute atomic E-state index is 0.539. The Balaban J connectivity index is 1.82. The van der Waals surface area contributed by atoms with Crippen LogP contribution < -0.4 is 15.4 Å². The molecular weight excluding hydrogens is 262 g/mol. The summed E-state index contributed by atoms with van der Waals surface area (Å²) in [5.74, 6) is 1.41. The predicted molar refractivity (Wildman–Crippen MR) is 85.7 cm³/mol. The fourth-order valence-electron chi connectivity index (χ4n) is 2.41. The van der Waals surface area contributed by atoms with Crippen molar-refractivity contribution in [3.63, 3.8) is 0 Å². The third kappa shape index (κ3) is 3.16. The molecule has 21 heavy (non-hydrogen) atoms. The number of ether oxygens (including phenoxy) is 1. The molecule has 2 aromatic rings. The number of rotatable bonds is 2. The zero-order valence-electron chi connectivity index (χ0n) is 11.9. The molecule has 0 unspecified atom stereocenters. The number of para-hydroxylation sites is 2. The molecule has 0 saturated carbocycles. The van der Waals surface area contributed by atoms with E-state index < -0.39 is 0 Å². The van der Waals surface area contributed by atoms with Crippen LogP contribution >= 0.6 is 0 Å². The molecule has 2 aromatic carbocycles. The van der Waals surface area contributed by atoms with Crippen LogP contribution in [-0.4, -0.2) is 19.1 Å². The standard InChI is InChI=1S/C17H19N3O/c18-17(19-13-14-7-2-1-3-8-14)20-11-6-12-21-16-10-5-4-9-15(16)20/h1-5,7-10H,6,11-13H2,(H2,18,19). The van der Waals surface area contributed by atoms with Gasteiger partial charge in [0.15, 0.2) is 5.96 Å². The third-order valence-corrected chi connectivity index (χ3v) is 3.48. The van der Waals surface area contributed by atoms with Gasteiger partial charge in [-0.3, -0.25) is 0 Å². The summed E-state index contributed by atoms with van der Waals surface area (Å²) in [4.78, 5) is 6.56. The molecule has 1 heterocycles. The Morgan fingerprint density at radius 2 is 1.86 bits per heavy atom. The SMILES string of the molecule is NC(=NCc1ccccc1)N1CCCOc2ccccc21. The first-order valence-electron chi connectivity index (χ1n) is 7.18. The summed E-state index contributed by atoms with van der Waals surface area (Å²) in [6, 6.07) is 18.1. The second kappa shape index (κ2) is 6.31.